The third-order valence-corrected chi connectivity index (χ3v) is 1.97. The van der Waals surface area contributed by atoms with Gasteiger partial charge in [0, 0.05) is 17.0 Å². The van der Waals surface area contributed by atoms with Crippen LogP contribution in [0.5, 0.6) is 0 Å². The van der Waals surface area contributed by atoms with E-state index >= 15 is 0 Å². The maximum absolute atomic E-state index is 10.6. The van der Waals surface area contributed by atoms with E-state index in [0.717, 1.165) is 11.8 Å². The number of aliphatic hydroxyl groups is 1. The molecule has 1 rings (SSSR count). The van der Waals surface area contributed by atoms with Gasteiger partial charge in [0.05, 0.1) is 5.60 Å². The maximum atomic E-state index is 10.6. The number of carbonyl (C=O) groups is 1. The fraction of sp³-hybridized carbons (Fsp3) is 0.364. The third kappa shape index (κ3) is 3.48. The number of carbonyl (C=O) groups excluding carboxylic acids is 1. The van der Waals surface area contributed by atoms with Crippen molar-refractivity contribution in [1.29, 1.82) is 0 Å². The lowest BCUT2D eigenvalue weighted by Crippen LogP contribution is -2.21. The average Bonchev–Trinajstić information content (AvgIpc) is 1.99. The minimum absolute atomic E-state index is 0.481. The highest BCUT2D eigenvalue weighted by Gasteiger charge is 2.14. The van der Waals surface area contributed by atoms with Crippen LogP contribution >= 0.6 is 11.6 Å². The summed E-state index contributed by atoms with van der Waals surface area (Å²) in [5.74, 6) is 0. The topological polar surface area (TPSA) is 37.3 Å². The molecule has 0 radical (unpaired) electrons. The van der Waals surface area contributed by atoms with Crippen molar-refractivity contribution in [2.75, 3.05) is 0 Å². The molecule has 0 atom stereocenters. The van der Waals surface area contributed by atoms with Gasteiger partial charge in [-0.25, -0.2) is 0 Å². The standard InChI is InChI=1S/C11H13ClO2/c1-11(2,14)6-8-3-9(7-13)5-10(12)4-8/h3-5,7,14H,6H2,1-2H3. The first-order valence-electron chi connectivity index (χ1n) is 4.38. The number of aldehydes is 1. The minimum atomic E-state index is -0.787. The number of rotatable bonds is 3. The molecular weight excluding hydrogens is 200 g/mol. The summed E-state index contributed by atoms with van der Waals surface area (Å²) < 4.78 is 0. The molecule has 1 N–H and O–H groups in total. The molecule has 0 unspecified atom stereocenters. The first-order chi connectivity index (χ1) is 6.40. The Morgan fingerprint density at radius 3 is 2.57 bits per heavy atom. The number of halogens is 1. The van der Waals surface area contributed by atoms with Crippen LogP contribution in [0.1, 0.15) is 29.8 Å². The Bertz CT molecular complexity index is 340. The zero-order valence-electron chi connectivity index (χ0n) is 8.25. The molecule has 0 amide bonds. The Labute approximate surface area is 88.5 Å². The summed E-state index contributed by atoms with van der Waals surface area (Å²) in [5.41, 5.74) is 0.619. The van der Waals surface area contributed by atoms with Crippen LogP contribution in [-0.4, -0.2) is 17.0 Å². The molecule has 0 saturated carbocycles. The SMILES string of the molecule is CC(C)(O)Cc1cc(Cl)cc(C=O)c1. The molecule has 0 aliphatic rings. The Morgan fingerprint density at radius 2 is 2.07 bits per heavy atom. The Balaban J connectivity index is 2.98. The van der Waals surface area contributed by atoms with E-state index in [9.17, 15) is 9.90 Å². The fourth-order valence-corrected chi connectivity index (χ4v) is 1.61. The average molecular weight is 213 g/mol. The van der Waals surface area contributed by atoms with Crippen molar-refractivity contribution in [2.45, 2.75) is 25.9 Å². The van der Waals surface area contributed by atoms with Crippen molar-refractivity contribution >= 4 is 17.9 Å². The molecule has 3 heteroatoms. The van der Waals surface area contributed by atoms with Gasteiger partial charge in [-0.15, -0.1) is 0 Å². The van der Waals surface area contributed by atoms with Crippen LogP contribution in [0.4, 0.5) is 0 Å². The lowest BCUT2D eigenvalue weighted by atomic mass is 9.97. The van der Waals surface area contributed by atoms with Crippen molar-refractivity contribution < 1.29 is 9.90 Å². The number of benzene rings is 1. The van der Waals surface area contributed by atoms with Gasteiger partial charge in [0.2, 0.25) is 0 Å². The van der Waals surface area contributed by atoms with Crippen LogP contribution in [0.25, 0.3) is 0 Å². The summed E-state index contributed by atoms with van der Waals surface area (Å²) in [6.07, 6.45) is 1.23. The van der Waals surface area contributed by atoms with Gasteiger partial charge in [-0.2, -0.15) is 0 Å². The second-order valence-electron chi connectivity index (χ2n) is 4.00. The minimum Gasteiger partial charge on any atom is -0.390 e. The molecular formula is C11H13ClO2. The largest absolute Gasteiger partial charge is 0.390 e. The van der Waals surface area contributed by atoms with Gasteiger partial charge in [-0.1, -0.05) is 11.6 Å². The lowest BCUT2D eigenvalue weighted by Gasteiger charge is -2.17. The molecule has 0 heterocycles. The normalized spacial score (nSPS) is 11.4. The van der Waals surface area contributed by atoms with Crippen molar-refractivity contribution in [1.82, 2.24) is 0 Å². The van der Waals surface area contributed by atoms with Crippen LogP contribution in [0.3, 0.4) is 0 Å². The highest BCUT2D eigenvalue weighted by Crippen LogP contribution is 2.18. The third-order valence-electron chi connectivity index (χ3n) is 1.75. The van der Waals surface area contributed by atoms with E-state index in [-0.39, 0.29) is 0 Å². The van der Waals surface area contributed by atoms with E-state index in [0.29, 0.717) is 17.0 Å². The Kier molecular flexibility index (Phi) is 3.29. The van der Waals surface area contributed by atoms with Crippen molar-refractivity contribution in [2.24, 2.45) is 0 Å². The molecule has 76 valence electrons. The summed E-state index contributed by atoms with van der Waals surface area (Å²) in [7, 11) is 0. The quantitative estimate of drug-likeness (QED) is 0.782. The van der Waals surface area contributed by atoms with Gasteiger partial charge in [-0.05, 0) is 37.6 Å². The molecule has 0 saturated heterocycles. The van der Waals surface area contributed by atoms with E-state index < -0.39 is 5.60 Å². The first-order valence-corrected chi connectivity index (χ1v) is 4.75. The van der Waals surface area contributed by atoms with Crippen LogP contribution in [-0.2, 0) is 6.42 Å². The van der Waals surface area contributed by atoms with Crippen molar-refractivity contribution in [3.05, 3.63) is 34.3 Å². The molecule has 0 aliphatic heterocycles. The van der Waals surface area contributed by atoms with Gasteiger partial charge in [-0.3, -0.25) is 4.79 Å². The van der Waals surface area contributed by atoms with Gasteiger partial charge >= 0.3 is 0 Å². The van der Waals surface area contributed by atoms with E-state index in [2.05, 4.69) is 0 Å². The molecule has 1 aromatic rings. The molecule has 0 fully saturated rings. The molecule has 0 spiro atoms. The predicted molar refractivity (Wildman–Crippen MR) is 56.8 cm³/mol. The second-order valence-corrected chi connectivity index (χ2v) is 4.44. The molecule has 14 heavy (non-hydrogen) atoms. The van der Waals surface area contributed by atoms with Gasteiger partial charge in [0.1, 0.15) is 6.29 Å². The zero-order valence-corrected chi connectivity index (χ0v) is 9.01. The van der Waals surface area contributed by atoms with Crippen LogP contribution < -0.4 is 0 Å². The molecule has 0 aromatic heterocycles. The molecule has 1 aromatic carbocycles. The second kappa shape index (κ2) is 4.11. The smallest absolute Gasteiger partial charge is 0.150 e. The summed E-state index contributed by atoms with van der Waals surface area (Å²) in [6, 6.07) is 5.09. The fourth-order valence-electron chi connectivity index (χ4n) is 1.35. The maximum Gasteiger partial charge on any atom is 0.150 e. The Morgan fingerprint density at radius 1 is 1.43 bits per heavy atom. The summed E-state index contributed by atoms with van der Waals surface area (Å²) >= 11 is 5.82. The van der Waals surface area contributed by atoms with E-state index in [1.807, 2.05) is 0 Å². The van der Waals surface area contributed by atoms with Crippen molar-refractivity contribution in [3.63, 3.8) is 0 Å². The van der Waals surface area contributed by atoms with Crippen molar-refractivity contribution in [3.8, 4) is 0 Å². The summed E-state index contributed by atoms with van der Waals surface area (Å²) in [4.78, 5) is 10.6. The van der Waals surface area contributed by atoms with Crippen LogP contribution in [0, 0.1) is 0 Å². The Hall–Kier alpha value is -0.860. The van der Waals surface area contributed by atoms with Crippen LogP contribution in [0.15, 0.2) is 18.2 Å². The molecule has 0 bridgehead atoms. The summed E-state index contributed by atoms with van der Waals surface area (Å²) in [5, 5.41) is 10.1. The van der Waals surface area contributed by atoms with Gasteiger partial charge < -0.3 is 5.11 Å². The van der Waals surface area contributed by atoms with E-state index in [1.165, 1.54) is 0 Å². The summed E-state index contributed by atoms with van der Waals surface area (Å²) in [6.45, 7) is 3.43. The lowest BCUT2D eigenvalue weighted by molar-refractivity contribution is 0.0809. The predicted octanol–water partition coefficient (Wildman–Crippen LogP) is 2.47. The molecule has 2 nitrogen and oxygen atoms in total. The van der Waals surface area contributed by atoms with E-state index in [4.69, 9.17) is 11.6 Å². The van der Waals surface area contributed by atoms with Gasteiger partial charge in [0.15, 0.2) is 0 Å². The van der Waals surface area contributed by atoms with Crippen LogP contribution in [0.2, 0.25) is 5.02 Å². The highest BCUT2D eigenvalue weighted by atomic mass is 35.5. The number of hydrogen-bond acceptors (Lipinski definition) is 2. The van der Waals surface area contributed by atoms with Gasteiger partial charge in [0.25, 0.3) is 0 Å². The first kappa shape index (κ1) is 11.2. The number of hydrogen-bond donors (Lipinski definition) is 1. The molecule has 0 aliphatic carbocycles. The monoisotopic (exact) mass is 212 g/mol. The highest BCUT2D eigenvalue weighted by molar-refractivity contribution is 6.30. The zero-order chi connectivity index (χ0) is 10.8. The van der Waals surface area contributed by atoms with E-state index in [1.54, 1.807) is 32.0 Å².